The van der Waals surface area contributed by atoms with E-state index >= 15 is 0 Å². The SMILES string of the molecule is O=C(c1cc(Cl)c2c(c1)OCCCO2)N1CCN(C(=O)c2cc3ccccc3o2)CC1. The summed E-state index contributed by atoms with van der Waals surface area (Å²) in [5.74, 6) is 0.981. The Morgan fingerprint density at radius 3 is 2.35 bits per heavy atom. The van der Waals surface area contributed by atoms with Crippen LogP contribution in [0.3, 0.4) is 0 Å². The third-order valence-electron chi connectivity index (χ3n) is 5.54. The van der Waals surface area contributed by atoms with E-state index in [1.165, 1.54) is 0 Å². The summed E-state index contributed by atoms with van der Waals surface area (Å²) in [4.78, 5) is 29.3. The summed E-state index contributed by atoms with van der Waals surface area (Å²) in [6.07, 6.45) is 0.759. The van der Waals surface area contributed by atoms with Crippen LogP contribution >= 0.6 is 11.6 Å². The van der Waals surface area contributed by atoms with Crippen LogP contribution in [0.25, 0.3) is 11.0 Å². The lowest BCUT2D eigenvalue weighted by Crippen LogP contribution is -2.50. The van der Waals surface area contributed by atoms with E-state index < -0.39 is 0 Å². The average Bonchev–Trinajstić information content (AvgIpc) is 3.09. The molecule has 0 saturated carbocycles. The molecule has 31 heavy (non-hydrogen) atoms. The molecule has 2 aromatic carbocycles. The topological polar surface area (TPSA) is 72.2 Å². The molecule has 0 N–H and O–H groups in total. The number of nitrogens with zero attached hydrogens (tertiary/aromatic N) is 2. The van der Waals surface area contributed by atoms with Crippen LogP contribution in [0.1, 0.15) is 27.3 Å². The van der Waals surface area contributed by atoms with Crippen LogP contribution in [0.4, 0.5) is 0 Å². The lowest BCUT2D eigenvalue weighted by molar-refractivity contribution is 0.0519. The number of rotatable bonds is 2. The Morgan fingerprint density at radius 1 is 0.871 bits per heavy atom. The zero-order valence-electron chi connectivity index (χ0n) is 16.8. The Morgan fingerprint density at radius 2 is 1.58 bits per heavy atom. The molecule has 5 rings (SSSR count). The van der Waals surface area contributed by atoms with Gasteiger partial charge in [-0.05, 0) is 24.3 Å². The predicted octanol–water partition coefficient (Wildman–Crippen LogP) is 3.85. The van der Waals surface area contributed by atoms with Crippen molar-refractivity contribution in [3.8, 4) is 11.5 Å². The lowest BCUT2D eigenvalue weighted by Gasteiger charge is -2.34. The van der Waals surface area contributed by atoms with E-state index in [9.17, 15) is 9.59 Å². The van der Waals surface area contributed by atoms with Crippen molar-refractivity contribution < 1.29 is 23.5 Å². The van der Waals surface area contributed by atoms with E-state index in [-0.39, 0.29) is 11.8 Å². The normalized spacial score (nSPS) is 16.3. The number of carbonyl (C=O) groups is 2. The van der Waals surface area contributed by atoms with Crippen LogP contribution in [-0.4, -0.2) is 61.0 Å². The second-order valence-electron chi connectivity index (χ2n) is 7.57. The van der Waals surface area contributed by atoms with Gasteiger partial charge in [0.2, 0.25) is 0 Å². The third kappa shape index (κ3) is 3.81. The summed E-state index contributed by atoms with van der Waals surface area (Å²) in [5, 5.41) is 1.26. The fraction of sp³-hybridized carbons (Fsp3) is 0.304. The van der Waals surface area contributed by atoms with E-state index in [0.29, 0.717) is 72.8 Å². The van der Waals surface area contributed by atoms with Gasteiger partial charge >= 0.3 is 0 Å². The number of ether oxygens (including phenoxy) is 2. The van der Waals surface area contributed by atoms with Crippen molar-refractivity contribution >= 4 is 34.4 Å². The van der Waals surface area contributed by atoms with E-state index in [4.69, 9.17) is 25.5 Å². The number of hydrogen-bond acceptors (Lipinski definition) is 5. The van der Waals surface area contributed by atoms with E-state index in [1.807, 2.05) is 24.3 Å². The molecule has 2 amide bonds. The molecule has 0 radical (unpaired) electrons. The van der Waals surface area contributed by atoms with Gasteiger partial charge in [0.1, 0.15) is 5.58 Å². The third-order valence-corrected chi connectivity index (χ3v) is 5.82. The molecule has 2 aliphatic rings. The Kier molecular flexibility index (Phi) is 5.19. The van der Waals surface area contributed by atoms with Gasteiger partial charge in [-0.2, -0.15) is 0 Å². The monoisotopic (exact) mass is 440 g/mol. The quantitative estimate of drug-likeness (QED) is 0.605. The van der Waals surface area contributed by atoms with Crippen molar-refractivity contribution in [2.45, 2.75) is 6.42 Å². The Hall–Kier alpha value is -3.19. The highest BCUT2D eigenvalue weighted by Crippen LogP contribution is 2.38. The van der Waals surface area contributed by atoms with Gasteiger partial charge in [-0.25, -0.2) is 0 Å². The molecule has 1 fully saturated rings. The molecule has 0 aliphatic carbocycles. The van der Waals surface area contributed by atoms with Crippen molar-refractivity contribution in [3.05, 3.63) is 58.8 Å². The zero-order chi connectivity index (χ0) is 21.4. The van der Waals surface area contributed by atoms with Gasteiger partial charge in [0.15, 0.2) is 17.3 Å². The van der Waals surface area contributed by atoms with Crippen LogP contribution in [0.2, 0.25) is 5.02 Å². The number of carbonyl (C=O) groups excluding carboxylic acids is 2. The number of fused-ring (bicyclic) bond motifs is 2. The summed E-state index contributed by atoms with van der Waals surface area (Å²) in [6.45, 7) is 2.76. The molecule has 8 heteroatoms. The highest BCUT2D eigenvalue weighted by atomic mass is 35.5. The minimum atomic E-state index is -0.165. The first kappa shape index (κ1) is 19.8. The second kappa shape index (κ2) is 8.15. The Balaban J connectivity index is 1.27. The fourth-order valence-electron chi connectivity index (χ4n) is 3.89. The van der Waals surface area contributed by atoms with Gasteiger partial charge in [-0.1, -0.05) is 29.8 Å². The number of piperazine rings is 1. The van der Waals surface area contributed by atoms with Crippen molar-refractivity contribution in [2.24, 2.45) is 0 Å². The molecular weight excluding hydrogens is 420 g/mol. The summed E-state index contributed by atoms with van der Waals surface area (Å²) < 4.78 is 17.0. The minimum Gasteiger partial charge on any atom is -0.489 e. The predicted molar refractivity (Wildman–Crippen MR) is 115 cm³/mol. The second-order valence-corrected chi connectivity index (χ2v) is 7.98. The van der Waals surface area contributed by atoms with E-state index in [1.54, 1.807) is 28.0 Å². The Bertz CT molecular complexity index is 1120. The van der Waals surface area contributed by atoms with E-state index in [0.717, 1.165) is 11.8 Å². The maximum Gasteiger partial charge on any atom is 0.289 e. The summed E-state index contributed by atoms with van der Waals surface area (Å²) in [6, 6.07) is 12.6. The molecule has 0 unspecified atom stereocenters. The molecule has 3 aromatic rings. The van der Waals surface area contributed by atoms with Crippen LogP contribution in [-0.2, 0) is 0 Å². The van der Waals surface area contributed by atoms with Crippen molar-refractivity contribution in [1.82, 2.24) is 9.80 Å². The zero-order valence-corrected chi connectivity index (χ0v) is 17.6. The number of benzene rings is 2. The Labute approximate surface area is 184 Å². The van der Waals surface area contributed by atoms with Gasteiger partial charge in [0, 0.05) is 43.5 Å². The molecular formula is C23H21ClN2O5. The van der Waals surface area contributed by atoms with Crippen LogP contribution in [0.15, 0.2) is 46.9 Å². The van der Waals surface area contributed by atoms with Gasteiger partial charge in [-0.15, -0.1) is 0 Å². The van der Waals surface area contributed by atoms with Gasteiger partial charge in [-0.3, -0.25) is 9.59 Å². The largest absolute Gasteiger partial charge is 0.489 e. The van der Waals surface area contributed by atoms with Crippen molar-refractivity contribution in [3.63, 3.8) is 0 Å². The summed E-state index contributed by atoms with van der Waals surface area (Å²) >= 11 is 6.33. The maximum absolute atomic E-state index is 13.0. The molecule has 0 bridgehead atoms. The number of hydrogen-bond donors (Lipinski definition) is 0. The minimum absolute atomic E-state index is 0.145. The fourth-order valence-corrected chi connectivity index (χ4v) is 4.16. The van der Waals surface area contributed by atoms with E-state index in [2.05, 4.69) is 0 Å². The lowest BCUT2D eigenvalue weighted by atomic mass is 10.1. The average molecular weight is 441 g/mol. The molecule has 0 spiro atoms. The first-order chi connectivity index (χ1) is 15.1. The van der Waals surface area contributed by atoms with Crippen LogP contribution in [0, 0.1) is 0 Å². The first-order valence-corrected chi connectivity index (χ1v) is 10.6. The molecule has 1 aromatic heterocycles. The molecule has 1 saturated heterocycles. The highest BCUT2D eigenvalue weighted by Gasteiger charge is 2.28. The van der Waals surface area contributed by atoms with Gasteiger partial charge < -0.3 is 23.7 Å². The molecule has 7 nitrogen and oxygen atoms in total. The molecule has 2 aliphatic heterocycles. The summed E-state index contributed by atoms with van der Waals surface area (Å²) in [7, 11) is 0. The molecule has 160 valence electrons. The summed E-state index contributed by atoms with van der Waals surface area (Å²) in [5.41, 5.74) is 1.14. The van der Waals surface area contributed by atoms with Crippen LogP contribution < -0.4 is 9.47 Å². The van der Waals surface area contributed by atoms with Gasteiger partial charge in [0.25, 0.3) is 11.8 Å². The number of para-hydroxylation sites is 1. The smallest absolute Gasteiger partial charge is 0.289 e. The number of halogens is 1. The van der Waals surface area contributed by atoms with Gasteiger partial charge in [0.05, 0.1) is 18.2 Å². The molecule has 3 heterocycles. The number of furan rings is 1. The van der Waals surface area contributed by atoms with Crippen molar-refractivity contribution in [1.29, 1.82) is 0 Å². The standard InChI is InChI=1S/C23H21ClN2O5/c24-17-12-16(14-19-21(17)30-11-3-10-29-19)22(27)25-6-8-26(9-7-25)23(28)20-13-15-4-1-2-5-18(15)31-20/h1-2,4-5,12-14H,3,6-11H2. The van der Waals surface area contributed by atoms with Crippen molar-refractivity contribution in [2.75, 3.05) is 39.4 Å². The molecule has 0 atom stereocenters. The number of amides is 2. The highest BCUT2D eigenvalue weighted by molar-refractivity contribution is 6.32. The maximum atomic E-state index is 13.0. The first-order valence-electron chi connectivity index (χ1n) is 10.3. The van der Waals surface area contributed by atoms with Crippen LogP contribution in [0.5, 0.6) is 11.5 Å².